The minimum Gasteiger partial charge on any atom is -0.459 e. The van der Waals surface area contributed by atoms with Gasteiger partial charge in [0.2, 0.25) is 11.8 Å². The highest BCUT2D eigenvalue weighted by atomic mass is 16.4. The molecular weight excluding hydrogens is 370 g/mol. The maximum Gasteiger partial charge on any atom is 0.289 e. The fraction of sp³-hybridized carbons (Fsp3) is 0.318. The van der Waals surface area contributed by atoms with Crippen molar-refractivity contribution in [3.63, 3.8) is 0 Å². The number of rotatable bonds is 4. The molecule has 1 aliphatic heterocycles. The predicted octanol–water partition coefficient (Wildman–Crippen LogP) is 3.16. The quantitative estimate of drug-likeness (QED) is 0.680. The Morgan fingerprint density at radius 3 is 2.52 bits per heavy atom. The zero-order valence-electron chi connectivity index (χ0n) is 16.3. The van der Waals surface area contributed by atoms with Gasteiger partial charge in [0.25, 0.3) is 5.91 Å². The van der Waals surface area contributed by atoms with Gasteiger partial charge in [-0.05, 0) is 37.6 Å². The number of hydrogen-bond donors (Lipinski definition) is 0. The summed E-state index contributed by atoms with van der Waals surface area (Å²) in [6.45, 7) is 4.02. The molecular formula is C22H23N3O4. The number of amides is 2. The number of carbonyl (C=O) groups excluding carboxylic acids is 2. The molecule has 4 rings (SSSR count). The third kappa shape index (κ3) is 4.23. The van der Waals surface area contributed by atoms with Gasteiger partial charge < -0.3 is 18.6 Å². The van der Waals surface area contributed by atoms with E-state index in [2.05, 4.69) is 4.98 Å². The second-order valence-electron chi connectivity index (χ2n) is 7.07. The van der Waals surface area contributed by atoms with Crippen molar-refractivity contribution in [3.8, 4) is 11.5 Å². The molecule has 0 bridgehead atoms. The number of benzene rings is 1. The van der Waals surface area contributed by atoms with Crippen LogP contribution in [0.2, 0.25) is 0 Å². The van der Waals surface area contributed by atoms with E-state index in [1.165, 1.54) is 6.26 Å². The second-order valence-corrected chi connectivity index (χ2v) is 7.07. The van der Waals surface area contributed by atoms with Gasteiger partial charge in [0.1, 0.15) is 5.76 Å². The summed E-state index contributed by atoms with van der Waals surface area (Å²) in [5.74, 6) is 1.37. The first-order valence-corrected chi connectivity index (χ1v) is 9.74. The Kier molecular flexibility index (Phi) is 5.46. The first kappa shape index (κ1) is 19.0. The fourth-order valence-electron chi connectivity index (χ4n) is 3.48. The lowest BCUT2D eigenvalue weighted by molar-refractivity contribution is -0.130. The van der Waals surface area contributed by atoms with Crippen molar-refractivity contribution in [3.05, 3.63) is 65.9 Å². The van der Waals surface area contributed by atoms with Gasteiger partial charge in [-0.1, -0.05) is 18.2 Å². The molecule has 3 aromatic rings. The van der Waals surface area contributed by atoms with Crippen LogP contribution < -0.4 is 0 Å². The van der Waals surface area contributed by atoms with E-state index in [-0.39, 0.29) is 18.2 Å². The third-order valence-electron chi connectivity index (χ3n) is 5.10. The van der Waals surface area contributed by atoms with Crippen molar-refractivity contribution < 1.29 is 18.4 Å². The predicted molar refractivity (Wildman–Crippen MR) is 106 cm³/mol. The maximum atomic E-state index is 12.8. The minimum absolute atomic E-state index is 0.00620. The summed E-state index contributed by atoms with van der Waals surface area (Å²) >= 11 is 0. The van der Waals surface area contributed by atoms with E-state index >= 15 is 0 Å². The lowest BCUT2D eigenvalue weighted by atomic mass is 10.2. The van der Waals surface area contributed by atoms with Crippen LogP contribution in [0.15, 0.2) is 57.6 Å². The molecule has 29 heavy (non-hydrogen) atoms. The van der Waals surface area contributed by atoms with E-state index in [0.29, 0.717) is 49.3 Å². The van der Waals surface area contributed by atoms with Gasteiger partial charge in [-0.25, -0.2) is 4.98 Å². The normalized spacial score (nSPS) is 14.7. The lowest BCUT2D eigenvalue weighted by Crippen LogP contribution is -2.38. The number of furan rings is 1. The lowest BCUT2D eigenvalue weighted by Gasteiger charge is -2.21. The summed E-state index contributed by atoms with van der Waals surface area (Å²) in [7, 11) is 0. The Balaban J connectivity index is 1.39. The molecule has 0 radical (unpaired) electrons. The molecule has 0 saturated carbocycles. The molecule has 1 fully saturated rings. The van der Waals surface area contributed by atoms with Gasteiger partial charge >= 0.3 is 0 Å². The molecule has 7 heteroatoms. The van der Waals surface area contributed by atoms with Crippen LogP contribution in [0.4, 0.5) is 0 Å². The summed E-state index contributed by atoms with van der Waals surface area (Å²) in [6.07, 6.45) is 2.41. The number of hydrogen-bond acceptors (Lipinski definition) is 5. The van der Waals surface area contributed by atoms with Crippen LogP contribution in [-0.4, -0.2) is 52.8 Å². The number of oxazole rings is 1. The number of aryl methyl sites for hydroxylation is 1. The van der Waals surface area contributed by atoms with E-state index in [9.17, 15) is 9.59 Å². The molecule has 0 atom stereocenters. The van der Waals surface area contributed by atoms with Gasteiger partial charge in [-0.2, -0.15) is 0 Å². The fourth-order valence-corrected chi connectivity index (χ4v) is 3.48. The highest BCUT2D eigenvalue weighted by molar-refractivity contribution is 5.91. The van der Waals surface area contributed by atoms with E-state index in [1.807, 2.05) is 37.3 Å². The molecule has 3 heterocycles. The topological polar surface area (TPSA) is 79.8 Å². The largest absolute Gasteiger partial charge is 0.459 e. The second kappa shape index (κ2) is 8.34. The van der Waals surface area contributed by atoms with Crippen LogP contribution in [0.25, 0.3) is 11.5 Å². The molecule has 2 amide bonds. The Hall–Kier alpha value is -3.35. The molecule has 0 aliphatic carbocycles. The molecule has 1 saturated heterocycles. The first-order valence-electron chi connectivity index (χ1n) is 9.74. The van der Waals surface area contributed by atoms with Gasteiger partial charge in [0, 0.05) is 31.7 Å². The first-order chi connectivity index (χ1) is 14.1. The summed E-state index contributed by atoms with van der Waals surface area (Å²) in [5, 5.41) is 0. The van der Waals surface area contributed by atoms with Crippen LogP contribution in [-0.2, 0) is 11.2 Å². The van der Waals surface area contributed by atoms with E-state index in [4.69, 9.17) is 8.83 Å². The molecule has 2 aromatic heterocycles. The van der Waals surface area contributed by atoms with Gasteiger partial charge in [0.15, 0.2) is 5.76 Å². The van der Waals surface area contributed by atoms with Crippen molar-refractivity contribution in [1.82, 2.24) is 14.8 Å². The number of carbonyl (C=O) groups is 2. The summed E-state index contributed by atoms with van der Waals surface area (Å²) in [5.41, 5.74) is 1.54. The van der Waals surface area contributed by atoms with E-state index < -0.39 is 0 Å². The summed E-state index contributed by atoms with van der Waals surface area (Å²) in [4.78, 5) is 33.4. The van der Waals surface area contributed by atoms with Gasteiger partial charge in [-0.3, -0.25) is 9.59 Å². The zero-order chi connectivity index (χ0) is 20.2. The third-order valence-corrected chi connectivity index (χ3v) is 5.10. The van der Waals surface area contributed by atoms with Crippen molar-refractivity contribution in [2.45, 2.75) is 19.8 Å². The van der Waals surface area contributed by atoms with E-state index in [1.54, 1.807) is 21.9 Å². The highest BCUT2D eigenvalue weighted by Crippen LogP contribution is 2.22. The Morgan fingerprint density at radius 2 is 1.76 bits per heavy atom. The standard InChI is InChI=1S/C22H23N3O4/c1-16-18(23-21(29-16)17-7-3-2-4-8-17)15-20(26)24-10-6-11-25(13-12-24)22(27)19-9-5-14-28-19/h2-5,7-9,14H,6,10-13,15H2,1H3. The van der Waals surface area contributed by atoms with Crippen LogP contribution in [0.1, 0.15) is 28.4 Å². The van der Waals surface area contributed by atoms with Crippen molar-refractivity contribution in [1.29, 1.82) is 0 Å². The highest BCUT2D eigenvalue weighted by Gasteiger charge is 2.25. The molecule has 0 N–H and O–H groups in total. The van der Waals surface area contributed by atoms with Crippen LogP contribution >= 0.6 is 0 Å². The average Bonchev–Trinajstić information content (AvgIpc) is 3.32. The summed E-state index contributed by atoms with van der Waals surface area (Å²) < 4.78 is 11.0. The molecule has 1 aliphatic rings. The maximum absolute atomic E-state index is 12.8. The molecule has 0 unspecified atom stereocenters. The monoisotopic (exact) mass is 393 g/mol. The van der Waals surface area contributed by atoms with Crippen LogP contribution in [0.5, 0.6) is 0 Å². The molecule has 0 spiro atoms. The zero-order valence-corrected chi connectivity index (χ0v) is 16.3. The van der Waals surface area contributed by atoms with Crippen molar-refractivity contribution >= 4 is 11.8 Å². The number of aromatic nitrogens is 1. The Bertz CT molecular complexity index is 979. The van der Waals surface area contributed by atoms with Crippen molar-refractivity contribution in [2.24, 2.45) is 0 Å². The molecule has 7 nitrogen and oxygen atoms in total. The SMILES string of the molecule is Cc1oc(-c2ccccc2)nc1CC(=O)N1CCCN(C(=O)c2ccco2)CC1. The average molecular weight is 393 g/mol. The Labute approximate surface area is 168 Å². The van der Waals surface area contributed by atoms with Gasteiger partial charge in [-0.15, -0.1) is 0 Å². The molecule has 1 aromatic carbocycles. The van der Waals surface area contributed by atoms with Crippen LogP contribution in [0, 0.1) is 6.92 Å². The van der Waals surface area contributed by atoms with Gasteiger partial charge in [0.05, 0.1) is 18.4 Å². The van der Waals surface area contributed by atoms with Crippen molar-refractivity contribution in [2.75, 3.05) is 26.2 Å². The number of nitrogens with zero attached hydrogens (tertiary/aromatic N) is 3. The van der Waals surface area contributed by atoms with E-state index in [0.717, 1.165) is 12.0 Å². The minimum atomic E-state index is -0.135. The van der Waals surface area contributed by atoms with Crippen LogP contribution in [0.3, 0.4) is 0 Å². The smallest absolute Gasteiger partial charge is 0.289 e. The summed E-state index contributed by atoms with van der Waals surface area (Å²) in [6, 6.07) is 13.0. The molecule has 150 valence electrons. The Morgan fingerprint density at radius 1 is 1.00 bits per heavy atom.